The second kappa shape index (κ2) is 7.70. The molecule has 0 unspecified atom stereocenters. The molecule has 0 aromatic heterocycles. The van der Waals surface area contributed by atoms with Gasteiger partial charge >= 0.3 is 6.09 Å². The second-order valence-electron chi connectivity index (χ2n) is 5.39. The molecular formula is C17H16N2O7. The number of nitro groups is 1. The van der Waals surface area contributed by atoms with Gasteiger partial charge in [-0.1, -0.05) is 0 Å². The van der Waals surface area contributed by atoms with Crippen molar-refractivity contribution in [2.24, 2.45) is 0 Å². The van der Waals surface area contributed by atoms with E-state index in [2.05, 4.69) is 10.1 Å². The lowest BCUT2D eigenvalue weighted by Crippen LogP contribution is -2.14. The summed E-state index contributed by atoms with van der Waals surface area (Å²) < 4.78 is 20.8. The van der Waals surface area contributed by atoms with Gasteiger partial charge in [0.25, 0.3) is 5.69 Å². The fraction of sp³-hybridized carbons (Fsp3) is 0.235. The highest BCUT2D eigenvalue weighted by Crippen LogP contribution is 2.33. The highest BCUT2D eigenvalue weighted by molar-refractivity contribution is 5.84. The van der Waals surface area contributed by atoms with Crippen molar-refractivity contribution in [1.29, 1.82) is 0 Å². The topological polar surface area (TPSA) is 109 Å². The Morgan fingerprint density at radius 1 is 1.31 bits per heavy atom. The van der Waals surface area contributed by atoms with Crippen LogP contribution in [0.3, 0.4) is 0 Å². The fourth-order valence-corrected chi connectivity index (χ4v) is 2.46. The van der Waals surface area contributed by atoms with E-state index in [0.717, 1.165) is 0 Å². The predicted molar refractivity (Wildman–Crippen MR) is 90.2 cm³/mol. The Morgan fingerprint density at radius 3 is 2.77 bits per heavy atom. The molecule has 0 saturated carbocycles. The van der Waals surface area contributed by atoms with Crippen LogP contribution in [0, 0.1) is 10.1 Å². The van der Waals surface area contributed by atoms with E-state index in [1.807, 2.05) is 0 Å². The third-order valence-corrected chi connectivity index (χ3v) is 3.66. The first kappa shape index (κ1) is 17.5. The summed E-state index contributed by atoms with van der Waals surface area (Å²) in [5.74, 6) is 1.08. The number of fused-ring (bicyclic) bond motifs is 1. The lowest BCUT2D eigenvalue weighted by atomic mass is 10.1. The average molecular weight is 360 g/mol. The maximum absolute atomic E-state index is 11.2. The number of carbonyl (C=O) groups is 1. The van der Waals surface area contributed by atoms with Crippen LogP contribution >= 0.6 is 0 Å². The fourth-order valence-electron chi connectivity index (χ4n) is 2.46. The van der Waals surface area contributed by atoms with Gasteiger partial charge in [0.05, 0.1) is 18.6 Å². The number of hydrogen-bond donors (Lipinski definition) is 1. The molecule has 1 N–H and O–H groups in total. The quantitative estimate of drug-likeness (QED) is 0.644. The molecule has 9 nitrogen and oxygen atoms in total. The van der Waals surface area contributed by atoms with E-state index < -0.39 is 11.0 Å². The van der Waals surface area contributed by atoms with Crippen LogP contribution in [0.1, 0.15) is 11.1 Å². The Hall–Kier alpha value is -3.33. The van der Waals surface area contributed by atoms with Gasteiger partial charge in [-0.25, -0.2) is 4.79 Å². The van der Waals surface area contributed by atoms with Crippen LogP contribution in [0.4, 0.5) is 16.2 Å². The van der Waals surface area contributed by atoms with Crippen LogP contribution in [0.2, 0.25) is 0 Å². The number of nitrogens with zero attached hydrogens (tertiary/aromatic N) is 1. The van der Waals surface area contributed by atoms with Crippen molar-refractivity contribution in [3.63, 3.8) is 0 Å². The Bertz CT molecular complexity index is 821. The van der Waals surface area contributed by atoms with Gasteiger partial charge in [-0.3, -0.25) is 15.4 Å². The Balaban J connectivity index is 1.74. The molecule has 0 fully saturated rings. The lowest BCUT2D eigenvalue weighted by molar-refractivity contribution is -0.385. The Kier molecular flexibility index (Phi) is 5.18. The summed E-state index contributed by atoms with van der Waals surface area (Å²) in [5.41, 5.74) is 1.68. The Labute approximate surface area is 148 Å². The molecule has 1 amide bonds. The van der Waals surface area contributed by atoms with Crippen molar-refractivity contribution in [1.82, 2.24) is 0 Å². The number of nitrogens with one attached hydrogen (secondary N) is 1. The maximum Gasteiger partial charge on any atom is 0.411 e. The molecule has 136 valence electrons. The van der Waals surface area contributed by atoms with Crippen molar-refractivity contribution >= 4 is 17.5 Å². The highest BCUT2D eigenvalue weighted by atomic mass is 16.7. The number of nitro benzene ring substituents is 1. The van der Waals surface area contributed by atoms with Crippen molar-refractivity contribution in [3.8, 4) is 11.5 Å². The minimum Gasteiger partial charge on any atom is -0.489 e. The summed E-state index contributed by atoms with van der Waals surface area (Å²) in [4.78, 5) is 21.8. The maximum atomic E-state index is 11.2. The molecule has 2 aromatic carbocycles. The molecule has 3 rings (SSSR count). The molecule has 0 aliphatic carbocycles. The standard InChI is InChI=1S/C17H16N2O7/c1-23-17(20)18-13-2-4-15(5-3-13)25-9-12-7-14(19(21)22)6-11-8-24-10-26-16(11)12/h2-7H,8-10H2,1H3,(H,18,20). The molecule has 1 aliphatic rings. The van der Waals surface area contributed by atoms with Crippen LogP contribution in [0.25, 0.3) is 0 Å². The number of amides is 1. The molecule has 0 spiro atoms. The van der Waals surface area contributed by atoms with Crippen LogP contribution in [0.5, 0.6) is 11.5 Å². The van der Waals surface area contributed by atoms with E-state index in [1.165, 1.54) is 19.2 Å². The van der Waals surface area contributed by atoms with Crippen LogP contribution < -0.4 is 14.8 Å². The number of anilines is 1. The molecule has 2 aromatic rings. The van der Waals surface area contributed by atoms with Gasteiger partial charge in [0.1, 0.15) is 18.1 Å². The van der Waals surface area contributed by atoms with Crippen molar-refractivity contribution in [2.45, 2.75) is 13.2 Å². The first-order valence-electron chi connectivity index (χ1n) is 7.65. The zero-order valence-electron chi connectivity index (χ0n) is 13.9. The van der Waals surface area contributed by atoms with E-state index in [4.69, 9.17) is 14.2 Å². The third-order valence-electron chi connectivity index (χ3n) is 3.66. The number of methoxy groups -OCH3 is 1. The highest BCUT2D eigenvalue weighted by Gasteiger charge is 2.21. The van der Waals surface area contributed by atoms with E-state index in [1.54, 1.807) is 24.3 Å². The van der Waals surface area contributed by atoms with E-state index in [9.17, 15) is 14.9 Å². The number of rotatable bonds is 5. The normalized spacial score (nSPS) is 12.5. The van der Waals surface area contributed by atoms with Crippen molar-refractivity contribution < 1.29 is 28.7 Å². The van der Waals surface area contributed by atoms with Gasteiger partial charge in [-0.2, -0.15) is 0 Å². The van der Waals surface area contributed by atoms with Gasteiger partial charge in [0.2, 0.25) is 0 Å². The smallest absolute Gasteiger partial charge is 0.411 e. The van der Waals surface area contributed by atoms with Gasteiger partial charge in [0.15, 0.2) is 6.79 Å². The number of ether oxygens (including phenoxy) is 4. The molecule has 26 heavy (non-hydrogen) atoms. The first-order valence-corrected chi connectivity index (χ1v) is 7.65. The third kappa shape index (κ3) is 4.01. The van der Waals surface area contributed by atoms with Gasteiger partial charge < -0.3 is 18.9 Å². The van der Waals surface area contributed by atoms with Gasteiger partial charge in [0, 0.05) is 28.9 Å². The van der Waals surface area contributed by atoms with Gasteiger partial charge in [-0.05, 0) is 24.3 Å². The molecule has 0 saturated heterocycles. The first-order chi connectivity index (χ1) is 12.6. The van der Waals surface area contributed by atoms with Crippen molar-refractivity contribution in [2.75, 3.05) is 19.2 Å². The van der Waals surface area contributed by atoms with E-state index in [0.29, 0.717) is 28.3 Å². The van der Waals surface area contributed by atoms with Crippen LogP contribution in [-0.4, -0.2) is 24.9 Å². The molecule has 0 atom stereocenters. The summed E-state index contributed by atoms with van der Waals surface area (Å²) in [6.45, 7) is 0.428. The lowest BCUT2D eigenvalue weighted by Gasteiger charge is -2.20. The minimum absolute atomic E-state index is 0.0472. The monoisotopic (exact) mass is 360 g/mol. The molecule has 1 heterocycles. The zero-order chi connectivity index (χ0) is 18.5. The van der Waals surface area contributed by atoms with Crippen molar-refractivity contribution in [3.05, 3.63) is 57.6 Å². The minimum atomic E-state index is -0.568. The number of non-ortho nitro benzene ring substituents is 1. The molecule has 1 aliphatic heterocycles. The van der Waals surface area contributed by atoms with E-state index >= 15 is 0 Å². The zero-order valence-corrected chi connectivity index (χ0v) is 13.9. The summed E-state index contributed by atoms with van der Waals surface area (Å²) in [5, 5.41) is 13.6. The second-order valence-corrected chi connectivity index (χ2v) is 5.39. The van der Waals surface area contributed by atoms with Crippen LogP contribution in [0.15, 0.2) is 36.4 Å². The number of hydrogen-bond acceptors (Lipinski definition) is 7. The largest absolute Gasteiger partial charge is 0.489 e. The average Bonchev–Trinajstić information content (AvgIpc) is 2.66. The molecule has 0 bridgehead atoms. The summed E-state index contributed by atoms with van der Waals surface area (Å²) >= 11 is 0. The number of carbonyl (C=O) groups excluding carboxylic acids is 1. The Morgan fingerprint density at radius 2 is 2.08 bits per heavy atom. The predicted octanol–water partition coefficient (Wildman–Crippen LogP) is 3.22. The summed E-state index contributed by atoms with van der Waals surface area (Å²) in [6.07, 6.45) is -0.568. The summed E-state index contributed by atoms with van der Waals surface area (Å²) in [7, 11) is 1.28. The molecular weight excluding hydrogens is 344 g/mol. The summed E-state index contributed by atoms with van der Waals surface area (Å²) in [6, 6.07) is 9.50. The number of benzene rings is 2. The molecule has 9 heteroatoms. The SMILES string of the molecule is COC(=O)Nc1ccc(OCc2cc([N+](=O)[O-])cc3c2OCOC3)cc1. The molecule has 0 radical (unpaired) electrons. The van der Waals surface area contributed by atoms with Gasteiger partial charge in [-0.15, -0.1) is 0 Å². The van der Waals surface area contributed by atoms with E-state index in [-0.39, 0.29) is 25.7 Å². The van der Waals surface area contributed by atoms with Crippen LogP contribution in [-0.2, 0) is 22.7 Å².